The molecule has 9 nitrogen and oxygen atoms in total. The molecule has 3 rings (SSSR count). The van der Waals surface area contributed by atoms with Crippen LogP contribution in [0.2, 0.25) is 0 Å². The van der Waals surface area contributed by atoms with Crippen LogP contribution < -0.4 is 4.74 Å². The highest BCUT2D eigenvalue weighted by molar-refractivity contribution is 6.22. The van der Waals surface area contributed by atoms with Crippen LogP contribution in [0.25, 0.3) is 0 Å². The van der Waals surface area contributed by atoms with Gasteiger partial charge in [0.15, 0.2) is 0 Å². The summed E-state index contributed by atoms with van der Waals surface area (Å²) >= 11 is 0. The van der Waals surface area contributed by atoms with E-state index >= 15 is 0 Å². The number of amides is 2. The minimum absolute atomic E-state index is 0.180. The summed E-state index contributed by atoms with van der Waals surface area (Å²) in [6, 6.07) is 4.88. The Morgan fingerprint density at radius 3 is 2.54 bits per heavy atom. The Kier molecular flexibility index (Phi) is 5.67. The summed E-state index contributed by atoms with van der Waals surface area (Å²) in [6.07, 6.45) is 3.64. The molecule has 2 aliphatic rings. The van der Waals surface area contributed by atoms with Gasteiger partial charge >= 0.3 is 0 Å². The number of fused-ring (bicyclic) bond motifs is 1. The van der Waals surface area contributed by atoms with Crippen LogP contribution in [-0.2, 0) is 4.84 Å². The molecule has 0 unspecified atom stereocenters. The van der Waals surface area contributed by atoms with Crippen LogP contribution in [0.5, 0.6) is 5.75 Å². The maximum absolute atomic E-state index is 12.6. The number of hydrogen-bond donors (Lipinski definition) is 0. The lowest BCUT2D eigenvalue weighted by Gasteiger charge is -2.26. The van der Waals surface area contributed by atoms with E-state index in [2.05, 4.69) is 9.74 Å². The van der Waals surface area contributed by atoms with Crippen molar-refractivity contribution < 1.29 is 24.3 Å². The standard InChI is InChI=1S/C17H21N3O6/c21-16-13-5-4-6-14(25-11-9-18-7-2-1-3-8-18)15(13)17(22)19(16)10-12-26-20(23)24/h4-6H,1-3,7-12H2. The maximum Gasteiger partial charge on any atom is 0.294 e. The molecular weight excluding hydrogens is 342 g/mol. The van der Waals surface area contributed by atoms with Crippen LogP contribution in [0.15, 0.2) is 18.2 Å². The smallest absolute Gasteiger partial charge is 0.294 e. The molecule has 0 aliphatic carbocycles. The first kappa shape index (κ1) is 18.1. The summed E-state index contributed by atoms with van der Waals surface area (Å²) in [5.74, 6) is -0.625. The molecule has 1 aromatic rings. The van der Waals surface area contributed by atoms with Crippen LogP contribution in [0, 0.1) is 10.1 Å². The topological polar surface area (TPSA) is 102 Å². The third-order valence-electron chi connectivity index (χ3n) is 4.59. The second-order valence-corrected chi connectivity index (χ2v) is 6.25. The lowest BCUT2D eigenvalue weighted by Crippen LogP contribution is -2.34. The van der Waals surface area contributed by atoms with E-state index in [9.17, 15) is 19.7 Å². The number of rotatable bonds is 8. The van der Waals surface area contributed by atoms with Crippen LogP contribution in [0.4, 0.5) is 0 Å². The number of likely N-dealkylation sites (tertiary alicyclic amines) is 1. The molecule has 0 saturated carbocycles. The Balaban J connectivity index is 1.63. The van der Waals surface area contributed by atoms with Gasteiger partial charge in [-0.2, -0.15) is 0 Å². The van der Waals surface area contributed by atoms with E-state index in [1.807, 2.05) is 0 Å². The Labute approximate surface area is 150 Å². The highest BCUT2D eigenvalue weighted by Crippen LogP contribution is 2.30. The summed E-state index contributed by atoms with van der Waals surface area (Å²) in [4.78, 5) is 42.6. The average molecular weight is 363 g/mol. The van der Waals surface area contributed by atoms with Crippen LogP contribution in [0.1, 0.15) is 40.0 Å². The summed E-state index contributed by atoms with van der Waals surface area (Å²) < 4.78 is 5.78. The predicted molar refractivity (Wildman–Crippen MR) is 90.5 cm³/mol. The third kappa shape index (κ3) is 3.93. The van der Waals surface area contributed by atoms with E-state index in [0.717, 1.165) is 24.5 Å². The molecule has 0 radical (unpaired) electrons. The molecule has 1 fully saturated rings. The fraction of sp³-hybridized carbons (Fsp3) is 0.529. The molecule has 1 saturated heterocycles. The predicted octanol–water partition coefficient (Wildman–Crippen LogP) is 1.36. The summed E-state index contributed by atoms with van der Waals surface area (Å²) in [5, 5.41) is 9.28. The molecule has 9 heteroatoms. The van der Waals surface area contributed by atoms with Gasteiger partial charge in [-0.3, -0.25) is 19.4 Å². The lowest BCUT2D eigenvalue weighted by atomic mass is 10.1. The molecule has 0 aromatic heterocycles. The third-order valence-corrected chi connectivity index (χ3v) is 4.59. The van der Waals surface area contributed by atoms with Gasteiger partial charge in [0.1, 0.15) is 19.0 Å². The van der Waals surface area contributed by atoms with E-state index in [1.54, 1.807) is 18.2 Å². The fourth-order valence-electron chi connectivity index (χ4n) is 3.30. The Bertz CT molecular complexity index is 702. The molecule has 26 heavy (non-hydrogen) atoms. The normalized spacial score (nSPS) is 17.3. The van der Waals surface area contributed by atoms with Crippen molar-refractivity contribution in [2.24, 2.45) is 0 Å². The molecule has 2 aliphatic heterocycles. The highest BCUT2D eigenvalue weighted by atomic mass is 16.9. The maximum atomic E-state index is 12.6. The minimum atomic E-state index is -0.951. The van der Waals surface area contributed by atoms with Crippen LogP contribution in [-0.4, -0.2) is 66.1 Å². The van der Waals surface area contributed by atoms with Crippen LogP contribution in [0.3, 0.4) is 0 Å². The van der Waals surface area contributed by atoms with Crippen molar-refractivity contribution in [3.05, 3.63) is 39.4 Å². The van der Waals surface area contributed by atoms with E-state index in [0.29, 0.717) is 12.4 Å². The van der Waals surface area contributed by atoms with Crippen molar-refractivity contribution in [2.45, 2.75) is 19.3 Å². The van der Waals surface area contributed by atoms with Crippen molar-refractivity contribution in [1.82, 2.24) is 9.80 Å². The number of carbonyl (C=O) groups is 2. The van der Waals surface area contributed by atoms with Gasteiger partial charge in [-0.15, -0.1) is 10.1 Å². The molecule has 0 N–H and O–H groups in total. The van der Waals surface area contributed by atoms with Gasteiger partial charge < -0.3 is 9.57 Å². The quantitative estimate of drug-likeness (QED) is 0.390. The zero-order chi connectivity index (χ0) is 18.5. The van der Waals surface area contributed by atoms with Gasteiger partial charge in [0.05, 0.1) is 17.7 Å². The first-order valence-electron chi connectivity index (χ1n) is 8.69. The van der Waals surface area contributed by atoms with E-state index < -0.39 is 16.9 Å². The van der Waals surface area contributed by atoms with Crippen molar-refractivity contribution in [3.8, 4) is 5.75 Å². The number of piperidine rings is 1. The molecule has 0 spiro atoms. The van der Waals surface area contributed by atoms with Gasteiger partial charge in [-0.25, -0.2) is 0 Å². The Morgan fingerprint density at radius 2 is 1.81 bits per heavy atom. The number of imide groups is 1. The van der Waals surface area contributed by atoms with E-state index in [1.165, 1.54) is 19.3 Å². The molecule has 2 heterocycles. The average Bonchev–Trinajstić information content (AvgIpc) is 2.88. The largest absolute Gasteiger partial charge is 0.491 e. The molecule has 0 bridgehead atoms. The number of benzene rings is 1. The number of nitrogens with zero attached hydrogens (tertiary/aromatic N) is 3. The monoisotopic (exact) mass is 363 g/mol. The number of ether oxygens (including phenoxy) is 1. The second-order valence-electron chi connectivity index (χ2n) is 6.25. The molecule has 2 amide bonds. The summed E-state index contributed by atoms with van der Waals surface area (Å²) in [7, 11) is 0. The zero-order valence-corrected chi connectivity index (χ0v) is 14.4. The van der Waals surface area contributed by atoms with Gasteiger partial charge in [0.25, 0.3) is 16.9 Å². The van der Waals surface area contributed by atoms with Gasteiger partial charge in [0, 0.05) is 6.54 Å². The van der Waals surface area contributed by atoms with E-state index in [4.69, 9.17) is 4.74 Å². The second kappa shape index (κ2) is 8.13. The molecule has 0 atom stereocenters. The Hall–Kier alpha value is -2.68. The fourth-order valence-corrected chi connectivity index (χ4v) is 3.30. The van der Waals surface area contributed by atoms with E-state index in [-0.39, 0.29) is 24.3 Å². The number of hydrogen-bond acceptors (Lipinski definition) is 7. The summed E-state index contributed by atoms with van der Waals surface area (Å²) in [6.45, 7) is 2.77. The van der Waals surface area contributed by atoms with Gasteiger partial charge in [-0.05, 0) is 38.1 Å². The first-order chi connectivity index (χ1) is 12.6. The molecule has 1 aromatic carbocycles. The Morgan fingerprint density at radius 1 is 1.04 bits per heavy atom. The van der Waals surface area contributed by atoms with Crippen molar-refractivity contribution >= 4 is 11.8 Å². The van der Waals surface area contributed by atoms with Crippen molar-refractivity contribution in [1.29, 1.82) is 0 Å². The van der Waals surface area contributed by atoms with Crippen LogP contribution >= 0.6 is 0 Å². The minimum Gasteiger partial charge on any atom is -0.491 e. The van der Waals surface area contributed by atoms with Crippen molar-refractivity contribution in [2.75, 3.05) is 39.4 Å². The zero-order valence-electron chi connectivity index (χ0n) is 14.4. The van der Waals surface area contributed by atoms with Gasteiger partial charge in [0.2, 0.25) is 0 Å². The lowest BCUT2D eigenvalue weighted by molar-refractivity contribution is -0.757. The SMILES string of the molecule is O=C1c2cccc(OCCN3CCCCC3)c2C(=O)N1CCO[N+](=O)[O-]. The highest BCUT2D eigenvalue weighted by Gasteiger charge is 2.37. The summed E-state index contributed by atoms with van der Waals surface area (Å²) in [5.41, 5.74) is 0.476. The first-order valence-corrected chi connectivity index (χ1v) is 8.69. The van der Waals surface area contributed by atoms with Gasteiger partial charge in [-0.1, -0.05) is 12.5 Å². The van der Waals surface area contributed by atoms with Crippen molar-refractivity contribution in [3.63, 3.8) is 0 Å². The number of carbonyl (C=O) groups excluding carboxylic acids is 2. The molecular formula is C17H21N3O6. The molecule has 140 valence electrons.